The van der Waals surface area contributed by atoms with E-state index in [1.807, 2.05) is 0 Å². The van der Waals surface area contributed by atoms with E-state index in [0.717, 1.165) is 18.8 Å². The number of aromatic nitrogens is 1. The highest BCUT2D eigenvalue weighted by Crippen LogP contribution is 2.25. The molecule has 2 aliphatic rings. The second kappa shape index (κ2) is 3.96. The summed E-state index contributed by atoms with van der Waals surface area (Å²) in [6, 6.07) is 4.38. The number of rotatable bonds is 2. The molecule has 1 aromatic rings. The lowest BCUT2D eigenvalue weighted by molar-refractivity contribution is -0.389. The lowest BCUT2D eigenvalue weighted by atomic mass is 10.2. The van der Waals surface area contributed by atoms with Gasteiger partial charge in [-0.1, -0.05) is 0 Å². The Morgan fingerprint density at radius 2 is 2.06 bits per heavy atom. The maximum atomic E-state index is 10.5. The van der Waals surface area contributed by atoms with Gasteiger partial charge in [0, 0.05) is 31.2 Å². The number of nitrogens with zero attached hydrogens (tertiary/aromatic N) is 3. The summed E-state index contributed by atoms with van der Waals surface area (Å²) < 4.78 is 0. The van der Waals surface area contributed by atoms with E-state index in [9.17, 15) is 10.1 Å². The maximum Gasteiger partial charge on any atom is 0.363 e. The normalized spacial score (nSPS) is 27.2. The second-order valence-electron chi connectivity index (χ2n) is 4.67. The minimum atomic E-state index is -0.467. The van der Waals surface area contributed by atoms with Gasteiger partial charge in [-0.15, -0.1) is 0 Å². The highest BCUT2D eigenvalue weighted by Gasteiger charge is 2.32. The van der Waals surface area contributed by atoms with Crippen molar-refractivity contribution in [2.24, 2.45) is 0 Å². The number of nitro groups is 1. The molecule has 0 amide bonds. The molecular formula is C11H14N4O2. The van der Waals surface area contributed by atoms with E-state index < -0.39 is 4.92 Å². The number of anilines is 1. The first-order valence-corrected chi connectivity index (χ1v) is 5.84. The molecule has 2 saturated heterocycles. The fraction of sp³-hybridized carbons (Fsp3) is 0.545. The number of fused-ring (bicyclic) bond motifs is 2. The molecule has 2 fully saturated rings. The third kappa shape index (κ3) is 1.95. The molecule has 6 nitrogen and oxygen atoms in total. The van der Waals surface area contributed by atoms with Crippen molar-refractivity contribution >= 4 is 11.5 Å². The van der Waals surface area contributed by atoms with Crippen molar-refractivity contribution in [1.29, 1.82) is 0 Å². The third-order valence-electron chi connectivity index (χ3n) is 3.50. The largest absolute Gasteiger partial charge is 0.365 e. The fourth-order valence-electron chi connectivity index (χ4n) is 2.68. The smallest absolute Gasteiger partial charge is 0.363 e. The summed E-state index contributed by atoms with van der Waals surface area (Å²) >= 11 is 0. The molecule has 3 rings (SSSR count). The molecule has 2 unspecified atom stereocenters. The van der Waals surface area contributed by atoms with Gasteiger partial charge in [-0.3, -0.25) is 0 Å². The first kappa shape index (κ1) is 10.5. The van der Waals surface area contributed by atoms with Crippen LogP contribution in [0.25, 0.3) is 0 Å². The zero-order valence-electron chi connectivity index (χ0n) is 9.37. The van der Waals surface area contributed by atoms with Gasteiger partial charge in [-0.25, -0.2) is 0 Å². The Balaban J connectivity index is 1.78. The molecule has 1 N–H and O–H groups in total. The van der Waals surface area contributed by atoms with Crippen LogP contribution >= 0.6 is 0 Å². The van der Waals surface area contributed by atoms with E-state index in [1.54, 1.807) is 12.3 Å². The van der Waals surface area contributed by atoms with Crippen molar-refractivity contribution in [2.45, 2.75) is 24.9 Å². The highest BCUT2D eigenvalue weighted by molar-refractivity contribution is 5.47. The monoisotopic (exact) mass is 234 g/mol. The van der Waals surface area contributed by atoms with Crippen LogP contribution in [0.5, 0.6) is 0 Å². The van der Waals surface area contributed by atoms with Gasteiger partial charge in [0.05, 0.1) is 5.69 Å². The SMILES string of the molecule is O=[N+]([O-])c1ccc(N2CC3CCC(C2)N3)cn1. The van der Waals surface area contributed by atoms with Gasteiger partial charge in [-0.05, 0) is 28.8 Å². The van der Waals surface area contributed by atoms with Crippen LogP contribution in [-0.2, 0) is 0 Å². The topological polar surface area (TPSA) is 71.3 Å². The molecule has 6 heteroatoms. The maximum absolute atomic E-state index is 10.5. The van der Waals surface area contributed by atoms with Crippen LogP contribution in [0.4, 0.5) is 11.5 Å². The predicted octanol–water partition coefficient (Wildman–Crippen LogP) is 0.930. The summed E-state index contributed by atoms with van der Waals surface area (Å²) in [7, 11) is 0. The van der Waals surface area contributed by atoms with Gasteiger partial charge in [0.2, 0.25) is 0 Å². The van der Waals surface area contributed by atoms with Crippen LogP contribution in [0.15, 0.2) is 18.3 Å². The molecule has 0 saturated carbocycles. The molecule has 2 bridgehead atoms. The number of nitrogens with one attached hydrogen (secondary N) is 1. The van der Waals surface area contributed by atoms with Crippen LogP contribution < -0.4 is 10.2 Å². The minimum Gasteiger partial charge on any atom is -0.365 e. The zero-order chi connectivity index (χ0) is 11.8. The Hall–Kier alpha value is -1.69. The Kier molecular flexibility index (Phi) is 2.44. The van der Waals surface area contributed by atoms with Gasteiger partial charge in [-0.2, -0.15) is 0 Å². The van der Waals surface area contributed by atoms with Crippen LogP contribution in [0, 0.1) is 10.1 Å². The van der Waals surface area contributed by atoms with Crippen molar-refractivity contribution in [3.05, 3.63) is 28.4 Å². The first-order valence-electron chi connectivity index (χ1n) is 5.84. The van der Waals surface area contributed by atoms with Crippen molar-refractivity contribution < 1.29 is 4.92 Å². The summed E-state index contributed by atoms with van der Waals surface area (Å²) in [5.41, 5.74) is 0.981. The van der Waals surface area contributed by atoms with Gasteiger partial charge in [0.25, 0.3) is 0 Å². The molecule has 3 heterocycles. The molecule has 1 aromatic heterocycles. The van der Waals surface area contributed by atoms with Crippen LogP contribution in [0.2, 0.25) is 0 Å². The van der Waals surface area contributed by atoms with Crippen LogP contribution in [-0.4, -0.2) is 35.1 Å². The Bertz CT molecular complexity index is 422. The van der Waals surface area contributed by atoms with E-state index >= 15 is 0 Å². The van der Waals surface area contributed by atoms with Crippen molar-refractivity contribution in [1.82, 2.24) is 10.3 Å². The van der Waals surface area contributed by atoms with Gasteiger partial charge in [0.1, 0.15) is 0 Å². The van der Waals surface area contributed by atoms with Crippen molar-refractivity contribution in [2.75, 3.05) is 18.0 Å². The average Bonchev–Trinajstić information content (AvgIpc) is 2.68. The molecule has 0 aromatic carbocycles. The number of hydrogen-bond acceptors (Lipinski definition) is 5. The number of hydrogen-bond donors (Lipinski definition) is 1. The molecule has 17 heavy (non-hydrogen) atoms. The quantitative estimate of drug-likeness (QED) is 0.609. The molecule has 2 aliphatic heterocycles. The zero-order valence-corrected chi connectivity index (χ0v) is 9.37. The molecular weight excluding hydrogens is 220 g/mol. The summed E-state index contributed by atoms with van der Waals surface area (Å²) in [4.78, 5) is 16.2. The van der Waals surface area contributed by atoms with Crippen LogP contribution in [0.3, 0.4) is 0 Å². The first-order chi connectivity index (χ1) is 8.22. The fourth-order valence-corrected chi connectivity index (χ4v) is 2.68. The molecule has 0 spiro atoms. The van der Waals surface area contributed by atoms with E-state index in [0.29, 0.717) is 12.1 Å². The predicted molar refractivity (Wildman–Crippen MR) is 63.1 cm³/mol. The summed E-state index contributed by atoms with van der Waals surface area (Å²) in [6.07, 6.45) is 4.05. The van der Waals surface area contributed by atoms with E-state index in [-0.39, 0.29) is 5.82 Å². The molecule has 2 atom stereocenters. The summed E-state index contributed by atoms with van der Waals surface area (Å²) in [5.74, 6) is -0.0909. The van der Waals surface area contributed by atoms with E-state index in [4.69, 9.17) is 0 Å². The Morgan fingerprint density at radius 1 is 1.35 bits per heavy atom. The average molecular weight is 234 g/mol. The third-order valence-corrected chi connectivity index (χ3v) is 3.50. The van der Waals surface area contributed by atoms with Gasteiger partial charge >= 0.3 is 5.82 Å². The molecule has 0 aliphatic carbocycles. The Labute approximate surface area is 98.8 Å². The summed E-state index contributed by atoms with van der Waals surface area (Å²) in [6.45, 7) is 1.94. The lowest BCUT2D eigenvalue weighted by Crippen LogP contribution is -2.51. The van der Waals surface area contributed by atoms with Gasteiger partial charge < -0.3 is 20.3 Å². The van der Waals surface area contributed by atoms with E-state index in [1.165, 1.54) is 18.9 Å². The minimum absolute atomic E-state index is 0.0909. The van der Waals surface area contributed by atoms with Gasteiger partial charge in [0.15, 0.2) is 6.20 Å². The van der Waals surface area contributed by atoms with Crippen molar-refractivity contribution in [3.8, 4) is 0 Å². The van der Waals surface area contributed by atoms with Crippen molar-refractivity contribution in [3.63, 3.8) is 0 Å². The second-order valence-corrected chi connectivity index (χ2v) is 4.67. The lowest BCUT2D eigenvalue weighted by Gasteiger charge is -2.33. The Morgan fingerprint density at radius 3 is 2.59 bits per heavy atom. The van der Waals surface area contributed by atoms with E-state index in [2.05, 4.69) is 15.2 Å². The van der Waals surface area contributed by atoms with Crippen LogP contribution in [0.1, 0.15) is 12.8 Å². The number of piperazine rings is 1. The standard InChI is InChI=1S/C11H14N4O2/c16-15(17)11-4-3-10(5-12-11)14-6-8-1-2-9(7-14)13-8/h3-5,8-9,13H,1-2,6-7H2. The summed E-state index contributed by atoms with van der Waals surface area (Å²) in [5, 5.41) is 14.1. The number of pyridine rings is 1. The molecule has 90 valence electrons. The molecule has 0 radical (unpaired) electrons. The highest BCUT2D eigenvalue weighted by atomic mass is 16.6.